The number of hydrogen-bond donors (Lipinski definition) is 1. The van der Waals surface area contributed by atoms with Crippen LogP contribution >= 0.6 is 0 Å². The molecule has 0 saturated heterocycles. The average Bonchev–Trinajstić information content (AvgIpc) is 2.80. The molecule has 3 atom stereocenters. The Hall–Kier alpha value is -0.570. The number of ether oxygens (including phenoxy) is 1. The predicted octanol–water partition coefficient (Wildman–Crippen LogP) is 2.35. The molecule has 0 aromatic rings. The van der Waals surface area contributed by atoms with Gasteiger partial charge in [-0.05, 0) is 32.6 Å². The molecule has 0 bridgehead atoms. The van der Waals surface area contributed by atoms with Crippen molar-refractivity contribution in [3.8, 4) is 0 Å². The third-order valence-electron chi connectivity index (χ3n) is 3.96. The second-order valence-electron chi connectivity index (χ2n) is 5.10. The van der Waals surface area contributed by atoms with Crippen molar-refractivity contribution in [3.05, 3.63) is 0 Å². The van der Waals surface area contributed by atoms with E-state index in [1.54, 1.807) is 0 Å². The lowest BCUT2D eigenvalue weighted by Gasteiger charge is -2.27. The summed E-state index contributed by atoms with van der Waals surface area (Å²) in [4.78, 5) is 11.4. The van der Waals surface area contributed by atoms with E-state index in [4.69, 9.17) is 4.74 Å². The Kier molecular flexibility index (Phi) is 5.26. The molecule has 1 saturated carbocycles. The summed E-state index contributed by atoms with van der Waals surface area (Å²) in [5.41, 5.74) is 0. The first-order chi connectivity index (χ1) is 7.56. The summed E-state index contributed by atoms with van der Waals surface area (Å²) in [7, 11) is 1.45. The van der Waals surface area contributed by atoms with Crippen LogP contribution in [0, 0.1) is 11.8 Å². The van der Waals surface area contributed by atoms with Crippen molar-refractivity contribution in [2.24, 2.45) is 11.8 Å². The van der Waals surface area contributed by atoms with Crippen LogP contribution < -0.4 is 5.32 Å². The highest BCUT2D eigenvalue weighted by Gasteiger charge is 2.26. The average molecular weight is 227 g/mol. The van der Waals surface area contributed by atoms with Crippen LogP contribution in [0.15, 0.2) is 0 Å². The predicted molar refractivity (Wildman–Crippen MR) is 65.2 cm³/mol. The lowest BCUT2D eigenvalue weighted by Crippen LogP contribution is -2.44. The van der Waals surface area contributed by atoms with Crippen LogP contribution in [-0.4, -0.2) is 25.2 Å². The second kappa shape index (κ2) is 6.24. The van der Waals surface area contributed by atoms with Gasteiger partial charge in [-0.3, -0.25) is 4.79 Å². The minimum absolute atomic E-state index is 0.0751. The van der Waals surface area contributed by atoms with Gasteiger partial charge in [0.1, 0.15) is 0 Å². The van der Waals surface area contributed by atoms with Gasteiger partial charge in [-0.1, -0.05) is 19.8 Å². The zero-order valence-electron chi connectivity index (χ0n) is 11.0. The summed E-state index contributed by atoms with van der Waals surface area (Å²) in [6, 6.07) is 0.688. The highest BCUT2D eigenvalue weighted by molar-refractivity contribution is 5.72. The van der Waals surface area contributed by atoms with Gasteiger partial charge in [0.05, 0.1) is 13.0 Å². The highest BCUT2D eigenvalue weighted by Crippen LogP contribution is 2.28. The van der Waals surface area contributed by atoms with Crippen molar-refractivity contribution < 1.29 is 9.53 Å². The molecule has 1 fully saturated rings. The van der Waals surface area contributed by atoms with Gasteiger partial charge < -0.3 is 10.1 Å². The van der Waals surface area contributed by atoms with Crippen molar-refractivity contribution in [1.29, 1.82) is 0 Å². The lowest BCUT2D eigenvalue weighted by atomic mass is 9.96. The minimum Gasteiger partial charge on any atom is -0.469 e. The molecule has 3 heteroatoms. The first-order valence-corrected chi connectivity index (χ1v) is 6.40. The van der Waals surface area contributed by atoms with Gasteiger partial charge in [0, 0.05) is 12.1 Å². The largest absolute Gasteiger partial charge is 0.469 e. The quantitative estimate of drug-likeness (QED) is 0.733. The molecular formula is C13H25NO2. The van der Waals surface area contributed by atoms with Gasteiger partial charge >= 0.3 is 5.97 Å². The molecule has 0 amide bonds. The van der Waals surface area contributed by atoms with Gasteiger partial charge in [0.15, 0.2) is 0 Å². The lowest BCUT2D eigenvalue weighted by molar-refractivity contribution is -0.145. The normalized spacial score (nSPS) is 22.8. The van der Waals surface area contributed by atoms with Gasteiger partial charge in [-0.2, -0.15) is 0 Å². The Morgan fingerprint density at radius 3 is 2.31 bits per heavy atom. The molecule has 0 aromatic heterocycles. The van der Waals surface area contributed by atoms with Crippen molar-refractivity contribution in [3.63, 3.8) is 0 Å². The Bertz CT molecular complexity index is 224. The monoisotopic (exact) mass is 227 g/mol. The molecule has 2 unspecified atom stereocenters. The maximum absolute atomic E-state index is 11.4. The van der Waals surface area contributed by atoms with Gasteiger partial charge in [0.25, 0.3) is 0 Å². The fourth-order valence-electron chi connectivity index (χ4n) is 2.54. The molecule has 1 N–H and O–H groups in total. The molecule has 0 spiro atoms. The highest BCUT2D eigenvalue weighted by atomic mass is 16.5. The van der Waals surface area contributed by atoms with Crippen LogP contribution in [0.25, 0.3) is 0 Å². The molecule has 0 aliphatic heterocycles. The summed E-state index contributed by atoms with van der Waals surface area (Å²) >= 11 is 0. The van der Waals surface area contributed by atoms with E-state index in [0.717, 1.165) is 5.92 Å². The molecule has 0 radical (unpaired) electrons. The molecular weight excluding hydrogens is 202 g/mol. The number of nitrogens with one attached hydrogen (secondary N) is 1. The van der Waals surface area contributed by atoms with E-state index < -0.39 is 0 Å². The first kappa shape index (κ1) is 13.5. The summed E-state index contributed by atoms with van der Waals surface area (Å²) in [5, 5.41) is 3.54. The van der Waals surface area contributed by atoms with E-state index in [1.807, 2.05) is 6.92 Å². The second-order valence-corrected chi connectivity index (χ2v) is 5.10. The number of carbonyl (C=O) groups excluding carboxylic acids is 1. The molecule has 1 aliphatic rings. The maximum Gasteiger partial charge on any atom is 0.309 e. The fraction of sp³-hybridized carbons (Fsp3) is 0.923. The van der Waals surface area contributed by atoms with E-state index in [-0.39, 0.29) is 17.9 Å². The van der Waals surface area contributed by atoms with E-state index in [9.17, 15) is 4.79 Å². The number of carbonyl (C=O) groups is 1. The number of rotatable bonds is 5. The topological polar surface area (TPSA) is 38.3 Å². The number of methoxy groups -OCH3 is 1. The van der Waals surface area contributed by atoms with Gasteiger partial charge in [-0.25, -0.2) is 0 Å². The smallest absolute Gasteiger partial charge is 0.309 e. The molecule has 16 heavy (non-hydrogen) atoms. The van der Waals surface area contributed by atoms with Crippen LogP contribution in [0.2, 0.25) is 0 Å². The van der Waals surface area contributed by atoms with E-state index in [0.29, 0.717) is 6.04 Å². The van der Waals surface area contributed by atoms with Crippen LogP contribution in [-0.2, 0) is 9.53 Å². The van der Waals surface area contributed by atoms with Crippen molar-refractivity contribution >= 4 is 5.97 Å². The zero-order chi connectivity index (χ0) is 12.1. The maximum atomic E-state index is 11.4. The standard InChI is InChI=1S/C13H25NO2/c1-9(13(15)16-4)10(2)14-11(3)12-7-5-6-8-12/h9-12,14H,5-8H2,1-4H3/t9?,10?,11-/m1/s1. The third-order valence-corrected chi connectivity index (χ3v) is 3.96. The van der Waals surface area contributed by atoms with Crippen molar-refractivity contribution in [2.75, 3.05) is 7.11 Å². The summed E-state index contributed by atoms with van der Waals surface area (Å²) in [5.74, 6) is 0.583. The first-order valence-electron chi connectivity index (χ1n) is 6.40. The molecule has 94 valence electrons. The summed E-state index contributed by atoms with van der Waals surface area (Å²) in [6.07, 6.45) is 5.37. The number of hydrogen-bond acceptors (Lipinski definition) is 3. The molecule has 0 aromatic carbocycles. The van der Waals surface area contributed by atoms with Crippen LogP contribution in [0.1, 0.15) is 46.5 Å². The molecule has 0 heterocycles. The van der Waals surface area contributed by atoms with Crippen molar-refractivity contribution in [1.82, 2.24) is 5.32 Å². The van der Waals surface area contributed by atoms with E-state index >= 15 is 0 Å². The minimum atomic E-state index is -0.126. The summed E-state index contributed by atoms with van der Waals surface area (Å²) < 4.78 is 4.76. The van der Waals surface area contributed by atoms with Crippen molar-refractivity contribution in [2.45, 2.75) is 58.5 Å². The van der Waals surface area contributed by atoms with Gasteiger partial charge in [-0.15, -0.1) is 0 Å². The Labute approximate surface area is 98.9 Å². The fourth-order valence-corrected chi connectivity index (χ4v) is 2.54. The molecule has 1 rings (SSSR count). The summed E-state index contributed by atoms with van der Waals surface area (Å²) in [6.45, 7) is 6.22. The number of esters is 1. The molecule has 1 aliphatic carbocycles. The third kappa shape index (κ3) is 3.48. The van der Waals surface area contributed by atoms with Crippen LogP contribution in [0.3, 0.4) is 0 Å². The molecule has 3 nitrogen and oxygen atoms in total. The van der Waals surface area contributed by atoms with Crippen LogP contribution in [0.4, 0.5) is 0 Å². The Balaban J connectivity index is 2.37. The Morgan fingerprint density at radius 2 is 1.81 bits per heavy atom. The van der Waals surface area contributed by atoms with Gasteiger partial charge in [0.2, 0.25) is 0 Å². The van der Waals surface area contributed by atoms with Crippen LogP contribution in [0.5, 0.6) is 0 Å². The zero-order valence-corrected chi connectivity index (χ0v) is 11.0. The van der Waals surface area contributed by atoms with E-state index in [1.165, 1.54) is 32.8 Å². The Morgan fingerprint density at radius 1 is 1.25 bits per heavy atom. The van der Waals surface area contributed by atoms with E-state index in [2.05, 4.69) is 19.2 Å². The SMILES string of the molecule is COC(=O)C(C)C(C)N[C@H](C)C1CCCC1.